The van der Waals surface area contributed by atoms with Crippen LogP contribution >= 0.6 is 0 Å². The highest BCUT2D eigenvalue weighted by molar-refractivity contribution is 7.89. The van der Waals surface area contributed by atoms with Gasteiger partial charge in [0.25, 0.3) is 10.0 Å². The summed E-state index contributed by atoms with van der Waals surface area (Å²) in [6.45, 7) is 5.87. The van der Waals surface area contributed by atoms with Crippen molar-refractivity contribution in [2.45, 2.75) is 51.2 Å². The molecule has 0 spiro atoms. The number of carbonyl (C=O) groups is 1. The Morgan fingerprint density at radius 3 is 2.62 bits per heavy atom. The predicted molar refractivity (Wildman–Crippen MR) is 76.8 cm³/mol. The van der Waals surface area contributed by atoms with Crippen molar-refractivity contribution in [3.05, 3.63) is 17.4 Å². The van der Waals surface area contributed by atoms with Gasteiger partial charge in [0.05, 0.1) is 0 Å². The van der Waals surface area contributed by atoms with Crippen molar-refractivity contribution in [3.63, 3.8) is 0 Å². The molecule has 2 heterocycles. The topological polar surface area (TPSA) is 87.8 Å². The average molecular weight is 315 g/mol. The lowest BCUT2D eigenvalue weighted by Crippen LogP contribution is -2.39. The Morgan fingerprint density at radius 1 is 1.38 bits per heavy atom. The number of carboxylic acids is 1. The van der Waals surface area contributed by atoms with Crippen LogP contribution in [0.5, 0.6) is 0 Å². The first-order valence-corrected chi connectivity index (χ1v) is 8.53. The molecule has 2 rings (SSSR count). The molecule has 0 saturated carbocycles. The summed E-state index contributed by atoms with van der Waals surface area (Å²) in [5, 5.41) is 8.71. The second kappa shape index (κ2) is 5.81. The second-order valence-corrected chi connectivity index (χ2v) is 7.66. The Kier molecular flexibility index (Phi) is 4.43. The molecule has 0 aliphatic carbocycles. The van der Waals surface area contributed by atoms with Gasteiger partial charge in [0, 0.05) is 24.2 Å². The molecule has 118 valence electrons. The monoisotopic (exact) mass is 315 g/mol. The van der Waals surface area contributed by atoms with Crippen molar-refractivity contribution in [2.75, 3.05) is 6.54 Å². The van der Waals surface area contributed by atoms with Crippen molar-refractivity contribution < 1.29 is 22.7 Å². The van der Waals surface area contributed by atoms with Crippen molar-refractivity contribution in [2.24, 2.45) is 5.92 Å². The number of furan rings is 1. The van der Waals surface area contributed by atoms with Crippen LogP contribution in [-0.4, -0.2) is 36.4 Å². The maximum absolute atomic E-state index is 12.7. The number of nitrogens with zero attached hydrogens (tertiary/aromatic N) is 1. The van der Waals surface area contributed by atoms with E-state index in [1.807, 2.05) is 13.8 Å². The quantitative estimate of drug-likeness (QED) is 0.925. The summed E-state index contributed by atoms with van der Waals surface area (Å²) < 4.78 is 32.0. The van der Waals surface area contributed by atoms with Gasteiger partial charge in [-0.2, -0.15) is 4.31 Å². The summed E-state index contributed by atoms with van der Waals surface area (Å²) >= 11 is 0. The molecule has 1 aromatic rings. The molecule has 21 heavy (non-hydrogen) atoms. The van der Waals surface area contributed by atoms with Gasteiger partial charge in [0.1, 0.15) is 0 Å². The minimum absolute atomic E-state index is 0.112. The Bertz CT molecular complexity index is 634. The van der Waals surface area contributed by atoms with Gasteiger partial charge in [0.15, 0.2) is 0 Å². The fourth-order valence-corrected chi connectivity index (χ4v) is 4.50. The van der Waals surface area contributed by atoms with E-state index in [-0.39, 0.29) is 22.8 Å². The fraction of sp³-hybridized carbons (Fsp3) is 0.643. The van der Waals surface area contributed by atoms with Gasteiger partial charge in [-0.25, -0.2) is 13.2 Å². The lowest BCUT2D eigenvalue weighted by atomic mass is 10.1. The van der Waals surface area contributed by atoms with Gasteiger partial charge in [-0.3, -0.25) is 0 Å². The van der Waals surface area contributed by atoms with Crippen LogP contribution in [0.1, 0.15) is 49.2 Å². The van der Waals surface area contributed by atoms with Crippen molar-refractivity contribution in [3.8, 4) is 0 Å². The molecule has 1 aromatic heterocycles. The van der Waals surface area contributed by atoms with E-state index in [1.54, 1.807) is 0 Å². The first-order valence-electron chi connectivity index (χ1n) is 7.09. The molecule has 6 nitrogen and oxygen atoms in total. The van der Waals surface area contributed by atoms with E-state index in [2.05, 4.69) is 0 Å². The van der Waals surface area contributed by atoms with Crippen LogP contribution in [0.15, 0.2) is 15.6 Å². The lowest BCUT2D eigenvalue weighted by Gasteiger charge is -2.26. The van der Waals surface area contributed by atoms with Crippen LogP contribution in [0.3, 0.4) is 0 Å². The number of hydrogen-bond donors (Lipinski definition) is 1. The van der Waals surface area contributed by atoms with E-state index in [0.29, 0.717) is 12.1 Å². The smallest absolute Gasteiger partial charge is 0.372 e. The van der Waals surface area contributed by atoms with E-state index < -0.39 is 16.0 Å². The molecule has 2 unspecified atom stereocenters. The van der Waals surface area contributed by atoms with Gasteiger partial charge in [-0.15, -0.1) is 0 Å². The lowest BCUT2D eigenvalue weighted by molar-refractivity contribution is 0.0655. The summed E-state index contributed by atoms with van der Waals surface area (Å²) in [6, 6.07) is 1.18. The second-order valence-electron chi connectivity index (χ2n) is 5.84. The normalized spacial score (nSPS) is 24.7. The van der Waals surface area contributed by atoms with E-state index in [0.717, 1.165) is 19.3 Å². The minimum atomic E-state index is -3.80. The van der Waals surface area contributed by atoms with Crippen molar-refractivity contribution in [1.29, 1.82) is 0 Å². The third-order valence-electron chi connectivity index (χ3n) is 3.95. The summed E-state index contributed by atoms with van der Waals surface area (Å²) in [6.07, 6.45) is 2.79. The van der Waals surface area contributed by atoms with E-state index in [1.165, 1.54) is 17.3 Å². The molecule has 0 radical (unpaired) electrons. The number of sulfonamides is 1. The Morgan fingerprint density at radius 2 is 2.05 bits per heavy atom. The van der Waals surface area contributed by atoms with Gasteiger partial charge >= 0.3 is 5.97 Å². The molecule has 0 bridgehead atoms. The highest BCUT2D eigenvalue weighted by atomic mass is 32.2. The number of aromatic carboxylic acids is 1. The van der Waals surface area contributed by atoms with E-state index in [4.69, 9.17) is 9.52 Å². The van der Waals surface area contributed by atoms with Crippen LogP contribution in [0, 0.1) is 12.8 Å². The minimum Gasteiger partial charge on any atom is -0.475 e. The third kappa shape index (κ3) is 3.13. The first kappa shape index (κ1) is 16.0. The zero-order valence-electron chi connectivity index (χ0n) is 12.5. The molecule has 7 heteroatoms. The summed E-state index contributed by atoms with van der Waals surface area (Å²) in [7, 11) is -3.80. The number of hydrogen-bond acceptors (Lipinski definition) is 4. The van der Waals surface area contributed by atoms with Gasteiger partial charge in [-0.1, -0.05) is 13.3 Å². The number of carboxylic acid groups (broad SMARTS) is 1. The Labute approximate surface area is 124 Å². The molecule has 1 N–H and O–H groups in total. The van der Waals surface area contributed by atoms with Crippen molar-refractivity contribution in [1.82, 2.24) is 4.31 Å². The van der Waals surface area contributed by atoms with Crippen LogP contribution in [0.25, 0.3) is 0 Å². The SMILES string of the molecule is Cc1cc(S(=O)(=O)N2CC(C)CCCC2C)oc1C(=O)O. The molecule has 1 fully saturated rings. The highest BCUT2D eigenvalue weighted by Gasteiger charge is 2.35. The molecule has 1 saturated heterocycles. The molecule has 0 amide bonds. The predicted octanol–water partition coefficient (Wildman–Crippen LogP) is 2.49. The number of aryl methyl sites for hydroxylation is 1. The summed E-state index contributed by atoms with van der Waals surface area (Å²) in [4.78, 5) is 11.0. The summed E-state index contributed by atoms with van der Waals surface area (Å²) in [5.41, 5.74) is 0.316. The highest BCUT2D eigenvalue weighted by Crippen LogP contribution is 2.29. The van der Waals surface area contributed by atoms with E-state index >= 15 is 0 Å². The first-order chi connectivity index (χ1) is 9.73. The van der Waals surface area contributed by atoms with Crippen LogP contribution in [-0.2, 0) is 10.0 Å². The Balaban J connectivity index is 2.40. The molecular weight excluding hydrogens is 294 g/mol. The van der Waals surface area contributed by atoms with Crippen LogP contribution in [0.2, 0.25) is 0 Å². The van der Waals surface area contributed by atoms with Gasteiger partial charge in [0.2, 0.25) is 10.9 Å². The van der Waals surface area contributed by atoms with E-state index in [9.17, 15) is 13.2 Å². The third-order valence-corrected chi connectivity index (χ3v) is 5.79. The standard InChI is InChI=1S/C14H21NO5S/c1-9-5-4-6-11(3)15(8-9)21(18,19)12-7-10(2)13(20-12)14(16)17/h7,9,11H,4-6,8H2,1-3H3,(H,16,17). The summed E-state index contributed by atoms with van der Waals surface area (Å²) in [5.74, 6) is -1.30. The van der Waals surface area contributed by atoms with Crippen LogP contribution < -0.4 is 0 Å². The average Bonchev–Trinajstić information content (AvgIpc) is 2.70. The molecule has 1 aliphatic rings. The van der Waals surface area contributed by atoms with Gasteiger partial charge < -0.3 is 9.52 Å². The maximum Gasteiger partial charge on any atom is 0.372 e. The van der Waals surface area contributed by atoms with Crippen LogP contribution in [0.4, 0.5) is 0 Å². The molecular formula is C14H21NO5S. The zero-order chi connectivity index (χ0) is 15.8. The zero-order valence-corrected chi connectivity index (χ0v) is 13.3. The molecule has 2 atom stereocenters. The van der Waals surface area contributed by atoms with Crippen molar-refractivity contribution >= 4 is 16.0 Å². The molecule has 1 aliphatic heterocycles. The van der Waals surface area contributed by atoms with Gasteiger partial charge in [-0.05, 0) is 32.6 Å². The number of rotatable bonds is 3. The molecule has 0 aromatic carbocycles. The largest absolute Gasteiger partial charge is 0.475 e. The maximum atomic E-state index is 12.7. The fourth-order valence-electron chi connectivity index (χ4n) is 2.73. The Hall–Kier alpha value is -1.34.